The predicted molar refractivity (Wildman–Crippen MR) is 90.0 cm³/mol. The van der Waals surface area contributed by atoms with E-state index in [4.69, 9.17) is 17.3 Å². The molecule has 0 aliphatic carbocycles. The summed E-state index contributed by atoms with van der Waals surface area (Å²) in [5.74, 6) is 0.520. The minimum atomic E-state index is 0.520. The van der Waals surface area contributed by atoms with Gasteiger partial charge in [-0.3, -0.25) is 0 Å². The molecule has 3 rings (SSSR count). The number of benzene rings is 2. The van der Waals surface area contributed by atoms with E-state index in [1.165, 1.54) is 0 Å². The van der Waals surface area contributed by atoms with Gasteiger partial charge in [0.2, 0.25) is 0 Å². The fraction of sp³-hybridized carbons (Fsp3) is 0.118. The third-order valence-electron chi connectivity index (χ3n) is 3.47. The first-order valence-electron chi connectivity index (χ1n) is 6.88. The molecule has 106 valence electrons. The number of allylic oxidation sites excluding steroid dienone is 1. The third-order valence-corrected chi connectivity index (χ3v) is 3.73. The number of nitrogens with zero attached hydrogens (tertiary/aromatic N) is 1. The number of nitrogens with two attached hydrogens (primary N) is 1. The molecule has 0 amide bonds. The van der Waals surface area contributed by atoms with Crippen molar-refractivity contribution >= 4 is 34.4 Å². The molecule has 1 aliphatic rings. The van der Waals surface area contributed by atoms with Crippen LogP contribution in [0, 0.1) is 0 Å². The molecule has 0 aromatic heterocycles. The number of anilines is 1. The lowest BCUT2D eigenvalue weighted by atomic mass is 10.0. The maximum Gasteiger partial charge on any atom is 0.133 e. The standard InChI is InChI=1S/C17H16ClN3/c1-2-13-16(11-7-9-12(18)10-8-11)17(19)21-15-6-4-3-5-14(15)20-13/h3-10,20H,2H2,1H3,(H2,19,21). The second-order valence-corrected chi connectivity index (χ2v) is 5.29. The number of aliphatic imine (C=N–C) groups is 1. The molecule has 2 aromatic carbocycles. The van der Waals surface area contributed by atoms with Gasteiger partial charge in [-0.2, -0.15) is 0 Å². The quantitative estimate of drug-likeness (QED) is 0.852. The zero-order chi connectivity index (χ0) is 14.8. The molecular weight excluding hydrogens is 282 g/mol. The van der Waals surface area contributed by atoms with E-state index >= 15 is 0 Å². The molecule has 0 saturated heterocycles. The fourth-order valence-corrected chi connectivity index (χ4v) is 2.57. The molecule has 0 bridgehead atoms. The van der Waals surface area contributed by atoms with E-state index < -0.39 is 0 Å². The Hall–Kier alpha value is -2.26. The van der Waals surface area contributed by atoms with Crippen LogP contribution in [-0.4, -0.2) is 5.84 Å². The molecule has 0 saturated carbocycles. The highest BCUT2D eigenvalue weighted by Crippen LogP contribution is 2.33. The lowest BCUT2D eigenvalue weighted by molar-refractivity contribution is 1.11. The van der Waals surface area contributed by atoms with Crippen LogP contribution in [0.4, 0.5) is 11.4 Å². The highest BCUT2D eigenvalue weighted by Gasteiger charge is 2.17. The topological polar surface area (TPSA) is 50.4 Å². The Labute approximate surface area is 129 Å². The molecule has 3 nitrogen and oxygen atoms in total. The van der Waals surface area contributed by atoms with Crippen molar-refractivity contribution in [3.63, 3.8) is 0 Å². The van der Waals surface area contributed by atoms with Crippen LogP contribution in [0.5, 0.6) is 0 Å². The number of rotatable bonds is 2. The summed E-state index contributed by atoms with van der Waals surface area (Å²) in [5, 5.41) is 4.16. The maximum atomic E-state index is 6.25. The zero-order valence-electron chi connectivity index (χ0n) is 11.7. The first-order chi connectivity index (χ1) is 10.2. The number of para-hydroxylation sites is 2. The number of amidine groups is 1. The van der Waals surface area contributed by atoms with Crippen LogP contribution in [0.3, 0.4) is 0 Å². The van der Waals surface area contributed by atoms with Gasteiger partial charge < -0.3 is 11.1 Å². The highest BCUT2D eigenvalue weighted by molar-refractivity contribution is 6.31. The summed E-state index contributed by atoms with van der Waals surface area (Å²) in [5.41, 5.74) is 11.1. The van der Waals surface area contributed by atoms with Crippen molar-refractivity contribution in [2.45, 2.75) is 13.3 Å². The lowest BCUT2D eigenvalue weighted by Crippen LogP contribution is -2.16. The predicted octanol–water partition coefficient (Wildman–Crippen LogP) is 4.58. The Morgan fingerprint density at radius 3 is 2.52 bits per heavy atom. The van der Waals surface area contributed by atoms with Gasteiger partial charge in [0.15, 0.2) is 0 Å². The van der Waals surface area contributed by atoms with Crippen molar-refractivity contribution in [1.82, 2.24) is 0 Å². The molecule has 0 spiro atoms. The maximum absolute atomic E-state index is 6.25. The van der Waals surface area contributed by atoms with Crippen LogP contribution in [-0.2, 0) is 0 Å². The van der Waals surface area contributed by atoms with E-state index in [9.17, 15) is 0 Å². The Bertz CT molecular complexity index is 730. The van der Waals surface area contributed by atoms with E-state index in [0.717, 1.165) is 34.6 Å². The van der Waals surface area contributed by atoms with Crippen molar-refractivity contribution in [3.05, 3.63) is 64.8 Å². The average Bonchev–Trinajstić information content (AvgIpc) is 2.64. The number of nitrogens with one attached hydrogen (secondary N) is 1. The van der Waals surface area contributed by atoms with E-state index in [0.29, 0.717) is 10.9 Å². The van der Waals surface area contributed by atoms with Gasteiger partial charge in [0, 0.05) is 16.3 Å². The van der Waals surface area contributed by atoms with Crippen molar-refractivity contribution in [3.8, 4) is 0 Å². The molecule has 2 aromatic rings. The van der Waals surface area contributed by atoms with Gasteiger partial charge in [0.25, 0.3) is 0 Å². The van der Waals surface area contributed by atoms with Crippen LogP contribution in [0.1, 0.15) is 18.9 Å². The van der Waals surface area contributed by atoms with Crippen LogP contribution in [0.25, 0.3) is 5.57 Å². The first-order valence-corrected chi connectivity index (χ1v) is 7.26. The molecule has 4 heteroatoms. The second-order valence-electron chi connectivity index (χ2n) is 4.85. The normalized spacial score (nSPS) is 14.1. The van der Waals surface area contributed by atoms with Gasteiger partial charge in [-0.1, -0.05) is 42.8 Å². The lowest BCUT2D eigenvalue weighted by Gasteiger charge is -2.14. The Kier molecular flexibility index (Phi) is 3.67. The van der Waals surface area contributed by atoms with Crippen LogP contribution in [0.2, 0.25) is 5.02 Å². The van der Waals surface area contributed by atoms with Crippen LogP contribution >= 0.6 is 11.6 Å². The van der Waals surface area contributed by atoms with E-state index in [1.54, 1.807) is 0 Å². The molecular formula is C17H16ClN3. The first kappa shape index (κ1) is 13.7. The molecule has 3 N–H and O–H groups in total. The summed E-state index contributed by atoms with van der Waals surface area (Å²) in [7, 11) is 0. The van der Waals surface area contributed by atoms with Crippen molar-refractivity contribution in [1.29, 1.82) is 0 Å². The summed E-state index contributed by atoms with van der Waals surface area (Å²) in [4.78, 5) is 4.56. The van der Waals surface area contributed by atoms with Gasteiger partial charge in [-0.15, -0.1) is 0 Å². The summed E-state index contributed by atoms with van der Waals surface area (Å²) < 4.78 is 0. The number of halogens is 1. The van der Waals surface area contributed by atoms with Gasteiger partial charge in [0.1, 0.15) is 5.84 Å². The summed E-state index contributed by atoms with van der Waals surface area (Å²) >= 11 is 5.97. The van der Waals surface area contributed by atoms with Crippen molar-refractivity contribution in [2.24, 2.45) is 10.7 Å². The fourth-order valence-electron chi connectivity index (χ4n) is 2.45. The molecule has 0 atom stereocenters. The highest BCUT2D eigenvalue weighted by atomic mass is 35.5. The number of fused-ring (bicyclic) bond motifs is 1. The molecule has 0 fully saturated rings. The Morgan fingerprint density at radius 1 is 1.10 bits per heavy atom. The Balaban J connectivity index is 2.17. The Morgan fingerprint density at radius 2 is 1.81 bits per heavy atom. The van der Waals surface area contributed by atoms with Gasteiger partial charge in [-0.05, 0) is 36.2 Å². The summed E-state index contributed by atoms with van der Waals surface area (Å²) in [6.07, 6.45) is 0.836. The largest absolute Gasteiger partial charge is 0.383 e. The van der Waals surface area contributed by atoms with Crippen LogP contribution < -0.4 is 11.1 Å². The third kappa shape index (κ3) is 2.65. The van der Waals surface area contributed by atoms with E-state index in [2.05, 4.69) is 17.2 Å². The summed E-state index contributed by atoms with van der Waals surface area (Å²) in [6, 6.07) is 15.6. The SMILES string of the molecule is CCC1=C(c2ccc(Cl)cc2)C(N)=Nc2ccccc2N1. The average molecular weight is 298 g/mol. The number of hydrogen-bond acceptors (Lipinski definition) is 3. The molecule has 1 aliphatic heterocycles. The van der Waals surface area contributed by atoms with Gasteiger partial charge >= 0.3 is 0 Å². The van der Waals surface area contributed by atoms with Crippen LogP contribution in [0.15, 0.2) is 59.2 Å². The van der Waals surface area contributed by atoms with Gasteiger partial charge in [-0.25, -0.2) is 4.99 Å². The van der Waals surface area contributed by atoms with Gasteiger partial charge in [0.05, 0.1) is 11.4 Å². The monoisotopic (exact) mass is 297 g/mol. The van der Waals surface area contributed by atoms with E-state index in [-0.39, 0.29) is 0 Å². The molecule has 0 unspecified atom stereocenters. The minimum Gasteiger partial charge on any atom is -0.383 e. The van der Waals surface area contributed by atoms with E-state index in [1.807, 2.05) is 48.5 Å². The second kappa shape index (κ2) is 5.62. The minimum absolute atomic E-state index is 0.520. The molecule has 0 radical (unpaired) electrons. The number of hydrogen-bond donors (Lipinski definition) is 2. The molecule has 21 heavy (non-hydrogen) atoms. The van der Waals surface area contributed by atoms with Crippen molar-refractivity contribution < 1.29 is 0 Å². The van der Waals surface area contributed by atoms with Crippen molar-refractivity contribution in [2.75, 3.05) is 5.32 Å². The smallest absolute Gasteiger partial charge is 0.133 e. The molecule has 1 heterocycles. The zero-order valence-corrected chi connectivity index (χ0v) is 12.5. The summed E-state index contributed by atoms with van der Waals surface area (Å²) in [6.45, 7) is 2.10.